The minimum absolute atomic E-state index is 0.125. The lowest BCUT2D eigenvalue weighted by Gasteiger charge is -2.06. The van der Waals surface area contributed by atoms with Gasteiger partial charge < -0.3 is 9.73 Å². The van der Waals surface area contributed by atoms with Crippen molar-refractivity contribution >= 4 is 61.9 Å². The summed E-state index contributed by atoms with van der Waals surface area (Å²) in [6, 6.07) is 15.2. The maximum absolute atomic E-state index is 12.1. The molecule has 1 N–H and O–H groups in total. The van der Waals surface area contributed by atoms with E-state index in [0.29, 0.717) is 11.1 Å². The third-order valence-corrected chi connectivity index (χ3v) is 5.16. The average Bonchev–Trinajstić information content (AvgIpc) is 3.05. The van der Waals surface area contributed by atoms with Crippen molar-refractivity contribution in [2.75, 3.05) is 11.1 Å². The molecule has 0 unspecified atom stereocenters. The van der Waals surface area contributed by atoms with Gasteiger partial charge in [-0.1, -0.05) is 45.9 Å². The largest absolute Gasteiger partial charge is 0.411 e. The Morgan fingerprint density at radius 1 is 1.21 bits per heavy atom. The van der Waals surface area contributed by atoms with E-state index in [9.17, 15) is 4.79 Å². The van der Waals surface area contributed by atoms with Crippen molar-refractivity contribution in [3.63, 3.8) is 0 Å². The number of nitrogens with zero attached hydrogens (tertiary/aromatic N) is 2. The van der Waals surface area contributed by atoms with Crippen LogP contribution in [0.25, 0.3) is 11.5 Å². The Labute approximate surface area is 164 Å². The van der Waals surface area contributed by atoms with Crippen LogP contribution in [0.4, 0.5) is 5.69 Å². The molecule has 0 aliphatic carbocycles. The van der Waals surface area contributed by atoms with E-state index < -0.39 is 0 Å². The molecule has 0 bridgehead atoms. The van der Waals surface area contributed by atoms with Gasteiger partial charge in [-0.25, -0.2) is 0 Å². The predicted octanol–water partition coefficient (Wildman–Crippen LogP) is 4.83. The van der Waals surface area contributed by atoms with Gasteiger partial charge in [-0.05, 0) is 52.9 Å². The van der Waals surface area contributed by atoms with Crippen molar-refractivity contribution < 1.29 is 9.21 Å². The first kappa shape index (κ1) is 17.4. The van der Waals surface area contributed by atoms with Crippen molar-refractivity contribution in [3.8, 4) is 11.5 Å². The number of aromatic nitrogens is 2. The van der Waals surface area contributed by atoms with Gasteiger partial charge in [0.15, 0.2) is 0 Å². The number of halogens is 2. The molecule has 1 aromatic heterocycles. The summed E-state index contributed by atoms with van der Waals surface area (Å²) in [4.78, 5) is 12.1. The maximum Gasteiger partial charge on any atom is 0.277 e. The SMILES string of the molecule is O=C(CSc1nnc(-c2ccccc2)o1)Nc1ccc(Br)cc1I. The van der Waals surface area contributed by atoms with Gasteiger partial charge in [-0.3, -0.25) is 4.79 Å². The van der Waals surface area contributed by atoms with E-state index >= 15 is 0 Å². The smallest absolute Gasteiger partial charge is 0.277 e. The van der Waals surface area contributed by atoms with Crippen LogP contribution in [-0.2, 0) is 4.79 Å². The third-order valence-electron chi connectivity index (χ3n) is 2.96. The Hall–Kier alpha value is -1.39. The lowest BCUT2D eigenvalue weighted by atomic mass is 10.2. The van der Waals surface area contributed by atoms with E-state index in [1.54, 1.807) is 0 Å². The topological polar surface area (TPSA) is 68.0 Å². The summed E-state index contributed by atoms with van der Waals surface area (Å²) in [5.41, 5.74) is 1.63. The molecule has 0 fully saturated rings. The quantitative estimate of drug-likeness (QED) is 0.389. The van der Waals surface area contributed by atoms with Crippen LogP contribution in [0.3, 0.4) is 0 Å². The van der Waals surface area contributed by atoms with E-state index in [4.69, 9.17) is 4.42 Å². The fourth-order valence-electron chi connectivity index (χ4n) is 1.87. The number of hydrogen-bond acceptors (Lipinski definition) is 5. The van der Waals surface area contributed by atoms with E-state index in [2.05, 4.69) is 54.0 Å². The molecule has 1 amide bonds. The predicted molar refractivity (Wildman–Crippen MR) is 106 cm³/mol. The molecule has 0 saturated heterocycles. The van der Waals surface area contributed by atoms with E-state index in [1.165, 1.54) is 11.8 Å². The number of anilines is 1. The summed E-state index contributed by atoms with van der Waals surface area (Å²) >= 11 is 6.78. The summed E-state index contributed by atoms with van der Waals surface area (Å²) in [7, 11) is 0. The molecule has 5 nitrogen and oxygen atoms in total. The van der Waals surface area contributed by atoms with Crippen LogP contribution in [0, 0.1) is 3.57 Å². The van der Waals surface area contributed by atoms with Crippen molar-refractivity contribution in [1.29, 1.82) is 0 Å². The van der Waals surface area contributed by atoms with Crippen LogP contribution in [0.1, 0.15) is 0 Å². The highest BCUT2D eigenvalue weighted by Crippen LogP contribution is 2.25. The lowest BCUT2D eigenvalue weighted by molar-refractivity contribution is -0.113. The number of rotatable bonds is 5. The molecular weight excluding hydrogens is 505 g/mol. The molecule has 0 radical (unpaired) electrons. The standard InChI is InChI=1S/C16H11BrIN3O2S/c17-11-6-7-13(12(18)8-11)19-14(22)9-24-16-21-20-15(23-16)10-4-2-1-3-5-10/h1-8H,9H2,(H,19,22). The number of nitrogens with one attached hydrogen (secondary N) is 1. The normalized spacial score (nSPS) is 10.6. The van der Waals surface area contributed by atoms with E-state index in [-0.39, 0.29) is 11.7 Å². The molecule has 3 aromatic rings. The molecule has 0 aliphatic heterocycles. The zero-order chi connectivity index (χ0) is 16.9. The highest BCUT2D eigenvalue weighted by molar-refractivity contribution is 14.1. The highest BCUT2D eigenvalue weighted by Gasteiger charge is 2.12. The number of benzene rings is 2. The molecular formula is C16H11BrIN3O2S. The molecule has 0 saturated carbocycles. The molecule has 3 rings (SSSR count). The average molecular weight is 516 g/mol. The fraction of sp³-hybridized carbons (Fsp3) is 0.0625. The summed E-state index contributed by atoms with van der Waals surface area (Å²) in [6.07, 6.45) is 0. The molecule has 8 heteroatoms. The Kier molecular flexibility index (Phi) is 5.90. The zero-order valence-corrected chi connectivity index (χ0v) is 16.8. The second-order valence-corrected chi connectivity index (χ2v) is 7.70. The Balaban J connectivity index is 1.58. The van der Waals surface area contributed by atoms with Gasteiger partial charge in [0.1, 0.15) is 0 Å². The van der Waals surface area contributed by atoms with Crippen molar-refractivity contribution in [2.24, 2.45) is 0 Å². The summed E-state index contributed by atoms with van der Waals surface area (Å²) in [5, 5.41) is 11.2. The molecule has 0 aliphatic rings. The van der Waals surface area contributed by atoms with Gasteiger partial charge in [0.05, 0.1) is 11.4 Å². The van der Waals surface area contributed by atoms with Gasteiger partial charge >= 0.3 is 0 Å². The van der Waals surface area contributed by atoms with E-state index in [0.717, 1.165) is 19.3 Å². The first-order valence-electron chi connectivity index (χ1n) is 6.88. The van der Waals surface area contributed by atoms with Crippen LogP contribution >= 0.6 is 50.3 Å². The Morgan fingerprint density at radius 2 is 2.00 bits per heavy atom. The first-order valence-corrected chi connectivity index (χ1v) is 9.74. The molecule has 24 heavy (non-hydrogen) atoms. The summed E-state index contributed by atoms with van der Waals surface area (Å²) in [5.74, 6) is 0.517. The van der Waals surface area contributed by atoms with Gasteiger partial charge in [0, 0.05) is 13.6 Å². The minimum Gasteiger partial charge on any atom is -0.411 e. The molecule has 1 heterocycles. The van der Waals surface area contributed by atoms with Crippen molar-refractivity contribution in [2.45, 2.75) is 5.22 Å². The van der Waals surface area contributed by atoms with Crippen LogP contribution in [0.2, 0.25) is 0 Å². The third kappa shape index (κ3) is 4.58. The Morgan fingerprint density at radius 3 is 2.75 bits per heavy atom. The summed E-state index contributed by atoms with van der Waals surface area (Å²) in [6.45, 7) is 0. The number of amides is 1. The Bertz CT molecular complexity index is 858. The molecule has 122 valence electrons. The van der Waals surface area contributed by atoms with Crippen LogP contribution in [0.5, 0.6) is 0 Å². The maximum atomic E-state index is 12.1. The number of carbonyl (C=O) groups is 1. The van der Waals surface area contributed by atoms with Crippen LogP contribution in [0.15, 0.2) is 62.6 Å². The van der Waals surface area contributed by atoms with Crippen molar-refractivity contribution in [1.82, 2.24) is 10.2 Å². The molecule has 2 aromatic carbocycles. The van der Waals surface area contributed by atoms with Gasteiger partial charge in [0.25, 0.3) is 5.22 Å². The second-order valence-electron chi connectivity index (χ2n) is 4.70. The van der Waals surface area contributed by atoms with Crippen molar-refractivity contribution in [3.05, 3.63) is 56.6 Å². The monoisotopic (exact) mass is 515 g/mol. The number of hydrogen-bond donors (Lipinski definition) is 1. The molecule has 0 spiro atoms. The van der Waals surface area contributed by atoms with Gasteiger partial charge in [-0.15, -0.1) is 10.2 Å². The lowest BCUT2D eigenvalue weighted by Crippen LogP contribution is -2.14. The zero-order valence-electron chi connectivity index (χ0n) is 12.2. The highest BCUT2D eigenvalue weighted by atomic mass is 127. The second kappa shape index (κ2) is 8.13. The first-order chi connectivity index (χ1) is 11.6. The molecule has 0 atom stereocenters. The number of carbonyl (C=O) groups excluding carboxylic acids is 1. The van der Waals surface area contributed by atoms with Gasteiger partial charge in [0.2, 0.25) is 11.8 Å². The minimum atomic E-state index is -0.125. The number of thioether (sulfide) groups is 1. The fourth-order valence-corrected chi connectivity index (χ4v) is 3.87. The van der Waals surface area contributed by atoms with E-state index in [1.807, 2.05) is 48.5 Å². The van der Waals surface area contributed by atoms with Crippen LogP contribution < -0.4 is 5.32 Å². The van der Waals surface area contributed by atoms with Crippen LogP contribution in [-0.4, -0.2) is 21.9 Å². The van der Waals surface area contributed by atoms with Gasteiger partial charge in [-0.2, -0.15) is 0 Å². The summed E-state index contributed by atoms with van der Waals surface area (Å²) < 4.78 is 7.50.